The molecule has 0 bridgehead atoms. The maximum atomic E-state index is 11.4. The van der Waals surface area contributed by atoms with Gasteiger partial charge in [-0.2, -0.15) is 4.98 Å². The third-order valence-corrected chi connectivity index (χ3v) is 3.86. The Hall–Kier alpha value is -2.41. The zero-order valence-electron chi connectivity index (χ0n) is 11.7. The number of benzene rings is 1. The van der Waals surface area contributed by atoms with Gasteiger partial charge in [0.2, 0.25) is 16.8 Å². The van der Waals surface area contributed by atoms with Gasteiger partial charge >= 0.3 is 0 Å². The number of hydrogen-bond acceptors (Lipinski definition) is 5. The number of carbonyl (C=O) groups is 1. The minimum atomic E-state index is -0.0979. The number of carbonyl (C=O) groups excluding carboxylic acids is 1. The Labute approximate surface area is 125 Å². The molecule has 2 aromatic heterocycles. The number of nitrogens with zero attached hydrogens (tertiary/aromatic N) is 3. The van der Waals surface area contributed by atoms with Gasteiger partial charge in [-0.15, -0.1) is 16.4 Å². The van der Waals surface area contributed by atoms with Gasteiger partial charge in [0.05, 0.1) is 12.8 Å². The lowest BCUT2D eigenvalue weighted by Gasteiger charge is -2.01. The monoisotopic (exact) mass is 302 g/mol. The molecule has 21 heavy (non-hydrogen) atoms. The number of fused-ring (bicyclic) bond motifs is 1. The number of methoxy groups -OCH3 is 1. The molecule has 0 aliphatic heterocycles. The van der Waals surface area contributed by atoms with Gasteiger partial charge in [0, 0.05) is 17.4 Å². The SMILES string of the molecule is CCC(=O)Nc1nc2scc(-c3ccc(OC)cc3)n2n1. The Morgan fingerprint density at radius 3 is 2.81 bits per heavy atom. The highest BCUT2D eigenvalue weighted by Crippen LogP contribution is 2.27. The van der Waals surface area contributed by atoms with E-state index >= 15 is 0 Å². The molecule has 6 nitrogen and oxygen atoms in total. The molecule has 0 saturated heterocycles. The van der Waals surface area contributed by atoms with Crippen LogP contribution in [-0.4, -0.2) is 27.6 Å². The van der Waals surface area contributed by atoms with Crippen LogP contribution in [0, 0.1) is 0 Å². The number of ether oxygens (including phenoxy) is 1. The van der Waals surface area contributed by atoms with Crippen molar-refractivity contribution in [2.24, 2.45) is 0 Å². The predicted octanol–water partition coefficient (Wildman–Crippen LogP) is 2.81. The van der Waals surface area contributed by atoms with Crippen molar-refractivity contribution in [3.63, 3.8) is 0 Å². The van der Waals surface area contributed by atoms with E-state index < -0.39 is 0 Å². The van der Waals surface area contributed by atoms with Crippen molar-refractivity contribution in [2.75, 3.05) is 12.4 Å². The van der Waals surface area contributed by atoms with Gasteiger partial charge in [0.25, 0.3) is 0 Å². The summed E-state index contributed by atoms with van der Waals surface area (Å²) >= 11 is 1.48. The first-order chi connectivity index (χ1) is 10.2. The molecule has 0 fully saturated rings. The summed E-state index contributed by atoms with van der Waals surface area (Å²) in [4.78, 5) is 16.4. The zero-order valence-corrected chi connectivity index (χ0v) is 12.5. The number of rotatable bonds is 4. The molecule has 2 heterocycles. The third-order valence-electron chi connectivity index (χ3n) is 3.04. The Kier molecular flexibility index (Phi) is 3.57. The smallest absolute Gasteiger partial charge is 0.250 e. The molecule has 0 atom stereocenters. The van der Waals surface area contributed by atoms with Crippen LogP contribution in [0.4, 0.5) is 5.95 Å². The molecule has 1 aromatic carbocycles. The first-order valence-corrected chi connectivity index (χ1v) is 7.37. The Bertz CT molecular complexity index is 776. The Morgan fingerprint density at radius 1 is 1.38 bits per heavy atom. The van der Waals surface area contributed by atoms with E-state index in [2.05, 4.69) is 15.4 Å². The van der Waals surface area contributed by atoms with Crippen LogP contribution in [0.15, 0.2) is 29.6 Å². The molecule has 0 aliphatic rings. The summed E-state index contributed by atoms with van der Waals surface area (Å²) in [6, 6.07) is 7.73. The second-order valence-electron chi connectivity index (χ2n) is 4.38. The highest BCUT2D eigenvalue weighted by atomic mass is 32.1. The van der Waals surface area contributed by atoms with E-state index in [0.717, 1.165) is 22.0 Å². The lowest BCUT2D eigenvalue weighted by molar-refractivity contribution is -0.115. The lowest BCUT2D eigenvalue weighted by Crippen LogP contribution is -2.10. The minimum Gasteiger partial charge on any atom is -0.497 e. The van der Waals surface area contributed by atoms with E-state index in [9.17, 15) is 4.79 Å². The van der Waals surface area contributed by atoms with E-state index in [1.165, 1.54) is 11.3 Å². The number of hydrogen-bond donors (Lipinski definition) is 1. The molecular weight excluding hydrogens is 288 g/mol. The van der Waals surface area contributed by atoms with Crippen LogP contribution in [0.5, 0.6) is 5.75 Å². The van der Waals surface area contributed by atoms with Crippen LogP contribution in [0.2, 0.25) is 0 Å². The fraction of sp³-hybridized carbons (Fsp3) is 0.214. The van der Waals surface area contributed by atoms with Gasteiger partial charge in [0.15, 0.2) is 0 Å². The molecule has 0 spiro atoms. The van der Waals surface area contributed by atoms with Gasteiger partial charge in [0.1, 0.15) is 5.75 Å². The fourth-order valence-electron chi connectivity index (χ4n) is 1.91. The van der Waals surface area contributed by atoms with Crippen molar-refractivity contribution in [1.29, 1.82) is 0 Å². The number of nitrogens with one attached hydrogen (secondary N) is 1. The molecule has 108 valence electrons. The average Bonchev–Trinajstić information content (AvgIpc) is 3.07. The van der Waals surface area contributed by atoms with Gasteiger partial charge < -0.3 is 4.74 Å². The molecule has 0 radical (unpaired) electrons. The molecule has 7 heteroatoms. The Morgan fingerprint density at radius 2 is 2.14 bits per heavy atom. The maximum absolute atomic E-state index is 11.4. The molecule has 3 aromatic rings. The second-order valence-corrected chi connectivity index (χ2v) is 5.22. The topological polar surface area (TPSA) is 68.5 Å². The maximum Gasteiger partial charge on any atom is 0.250 e. The molecule has 0 unspecified atom stereocenters. The van der Waals surface area contributed by atoms with E-state index in [-0.39, 0.29) is 5.91 Å². The summed E-state index contributed by atoms with van der Waals surface area (Å²) in [7, 11) is 1.64. The number of aromatic nitrogens is 3. The summed E-state index contributed by atoms with van der Waals surface area (Å²) < 4.78 is 6.89. The van der Waals surface area contributed by atoms with Crippen molar-refractivity contribution in [3.8, 4) is 17.0 Å². The van der Waals surface area contributed by atoms with Gasteiger partial charge in [-0.3, -0.25) is 10.1 Å². The van der Waals surface area contributed by atoms with Crippen LogP contribution in [0.25, 0.3) is 16.2 Å². The predicted molar refractivity (Wildman–Crippen MR) is 81.8 cm³/mol. The van der Waals surface area contributed by atoms with E-state index in [1.807, 2.05) is 29.6 Å². The molecule has 0 saturated carbocycles. The standard InChI is InChI=1S/C14H14N4O2S/c1-3-12(19)15-13-16-14-18(17-13)11(8-21-14)9-4-6-10(20-2)7-5-9/h4-8H,3H2,1-2H3,(H,15,17,19). The fourth-order valence-corrected chi connectivity index (χ4v) is 2.74. The van der Waals surface area contributed by atoms with Gasteiger partial charge in [-0.1, -0.05) is 6.92 Å². The van der Waals surface area contributed by atoms with Crippen LogP contribution in [0.1, 0.15) is 13.3 Å². The van der Waals surface area contributed by atoms with Crippen LogP contribution < -0.4 is 10.1 Å². The number of amides is 1. The van der Waals surface area contributed by atoms with Crippen molar-refractivity contribution in [3.05, 3.63) is 29.6 Å². The van der Waals surface area contributed by atoms with Crippen molar-refractivity contribution in [1.82, 2.24) is 14.6 Å². The van der Waals surface area contributed by atoms with Crippen molar-refractivity contribution >= 4 is 28.2 Å². The van der Waals surface area contributed by atoms with E-state index in [0.29, 0.717) is 12.4 Å². The van der Waals surface area contributed by atoms with E-state index in [4.69, 9.17) is 4.74 Å². The van der Waals surface area contributed by atoms with Crippen LogP contribution in [-0.2, 0) is 4.79 Å². The zero-order chi connectivity index (χ0) is 14.8. The highest BCUT2D eigenvalue weighted by molar-refractivity contribution is 7.15. The highest BCUT2D eigenvalue weighted by Gasteiger charge is 2.12. The molecule has 3 rings (SSSR count). The van der Waals surface area contributed by atoms with Crippen molar-refractivity contribution < 1.29 is 9.53 Å². The van der Waals surface area contributed by atoms with Crippen LogP contribution >= 0.6 is 11.3 Å². The molecule has 0 aliphatic carbocycles. The lowest BCUT2D eigenvalue weighted by atomic mass is 10.2. The second kappa shape index (κ2) is 5.53. The summed E-state index contributed by atoms with van der Waals surface area (Å²) in [5.41, 5.74) is 1.95. The van der Waals surface area contributed by atoms with Crippen LogP contribution in [0.3, 0.4) is 0 Å². The van der Waals surface area contributed by atoms with E-state index in [1.54, 1.807) is 18.5 Å². The molecule has 1 amide bonds. The average molecular weight is 302 g/mol. The number of anilines is 1. The third kappa shape index (κ3) is 2.59. The summed E-state index contributed by atoms with van der Waals surface area (Å²) in [6.07, 6.45) is 0.401. The molecular formula is C14H14N4O2S. The number of thiazole rings is 1. The normalized spacial score (nSPS) is 10.8. The summed E-state index contributed by atoms with van der Waals surface area (Å²) in [5.74, 6) is 1.04. The molecule has 1 N–H and O–H groups in total. The van der Waals surface area contributed by atoms with Gasteiger partial charge in [-0.05, 0) is 24.3 Å². The van der Waals surface area contributed by atoms with Gasteiger partial charge in [-0.25, -0.2) is 4.52 Å². The largest absolute Gasteiger partial charge is 0.497 e. The summed E-state index contributed by atoms with van der Waals surface area (Å²) in [6.45, 7) is 1.79. The quantitative estimate of drug-likeness (QED) is 0.804. The first kappa shape index (κ1) is 13.6. The van der Waals surface area contributed by atoms with Crippen molar-refractivity contribution in [2.45, 2.75) is 13.3 Å². The summed E-state index contributed by atoms with van der Waals surface area (Å²) in [5, 5.41) is 8.99. The first-order valence-electron chi connectivity index (χ1n) is 6.50. The Balaban J connectivity index is 1.96. The minimum absolute atomic E-state index is 0.0979.